The van der Waals surface area contributed by atoms with Crippen molar-refractivity contribution in [1.29, 1.82) is 0 Å². The van der Waals surface area contributed by atoms with Gasteiger partial charge in [-0.2, -0.15) is 11.8 Å². The van der Waals surface area contributed by atoms with Gasteiger partial charge in [-0.1, -0.05) is 19.8 Å². The van der Waals surface area contributed by atoms with Gasteiger partial charge in [0.2, 0.25) is 0 Å². The van der Waals surface area contributed by atoms with Crippen molar-refractivity contribution in [2.45, 2.75) is 45.6 Å². The Morgan fingerprint density at radius 1 is 1.47 bits per heavy atom. The van der Waals surface area contributed by atoms with Crippen LogP contribution in [0.4, 0.5) is 0 Å². The molecule has 17 heavy (non-hydrogen) atoms. The van der Waals surface area contributed by atoms with Crippen LogP contribution in [0.3, 0.4) is 0 Å². The molecule has 2 rings (SSSR count). The van der Waals surface area contributed by atoms with Crippen LogP contribution in [0.15, 0.2) is 0 Å². The van der Waals surface area contributed by atoms with Gasteiger partial charge in [0.25, 0.3) is 0 Å². The summed E-state index contributed by atoms with van der Waals surface area (Å²) in [6.07, 6.45) is 6.03. The summed E-state index contributed by atoms with van der Waals surface area (Å²) in [7, 11) is 0. The van der Waals surface area contributed by atoms with Crippen molar-refractivity contribution in [2.75, 3.05) is 24.6 Å². The minimum Gasteiger partial charge on any atom is -0.303 e. The third-order valence-corrected chi connectivity index (χ3v) is 5.59. The van der Waals surface area contributed by atoms with Crippen molar-refractivity contribution in [3.8, 4) is 0 Å². The van der Waals surface area contributed by atoms with Crippen molar-refractivity contribution in [3.05, 3.63) is 0 Å². The lowest BCUT2D eigenvalue weighted by atomic mass is 9.70. The zero-order chi connectivity index (χ0) is 12.3. The third kappa shape index (κ3) is 3.25. The summed E-state index contributed by atoms with van der Waals surface area (Å²) in [6.45, 7) is 6.77. The van der Waals surface area contributed by atoms with Crippen molar-refractivity contribution < 1.29 is 4.79 Å². The first-order valence-corrected chi connectivity index (χ1v) is 8.09. The SMILES string of the molecule is CC1CCCC(C=O)(CN2CCSCC2C)C1. The highest BCUT2D eigenvalue weighted by Gasteiger charge is 2.37. The number of hydrogen-bond donors (Lipinski definition) is 0. The van der Waals surface area contributed by atoms with Gasteiger partial charge in [-0.15, -0.1) is 0 Å². The summed E-state index contributed by atoms with van der Waals surface area (Å²) in [4.78, 5) is 14.1. The van der Waals surface area contributed by atoms with Gasteiger partial charge in [0.15, 0.2) is 0 Å². The van der Waals surface area contributed by atoms with E-state index in [0.717, 1.165) is 31.8 Å². The molecule has 1 heterocycles. The summed E-state index contributed by atoms with van der Waals surface area (Å²) in [5.41, 5.74) is -0.0338. The lowest BCUT2D eigenvalue weighted by Crippen LogP contribution is -2.48. The highest BCUT2D eigenvalue weighted by molar-refractivity contribution is 7.99. The number of carbonyl (C=O) groups excluding carboxylic acids is 1. The molecule has 3 atom stereocenters. The molecule has 0 bridgehead atoms. The maximum absolute atomic E-state index is 11.6. The first-order chi connectivity index (χ1) is 8.15. The number of rotatable bonds is 3. The fraction of sp³-hybridized carbons (Fsp3) is 0.929. The Labute approximate surface area is 110 Å². The molecule has 1 aliphatic carbocycles. The molecule has 0 aromatic heterocycles. The molecule has 1 aliphatic heterocycles. The smallest absolute Gasteiger partial charge is 0.127 e. The largest absolute Gasteiger partial charge is 0.303 e. The molecule has 0 aromatic rings. The maximum atomic E-state index is 11.6. The van der Waals surface area contributed by atoms with Crippen LogP contribution in [0.25, 0.3) is 0 Å². The van der Waals surface area contributed by atoms with Crippen LogP contribution < -0.4 is 0 Å². The Hall–Kier alpha value is -0.0200. The summed E-state index contributed by atoms with van der Waals surface area (Å²) >= 11 is 2.05. The Morgan fingerprint density at radius 2 is 2.29 bits per heavy atom. The van der Waals surface area contributed by atoms with E-state index >= 15 is 0 Å². The van der Waals surface area contributed by atoms with E-state index in [1.54, 1.807) is 0 Å². The minimum atomic E-state index is -0.0338. The minimum absolute atomic E-state index is 0.0338. The van der Waals surface area contributed by atoms with E-state index in [9.17, 15) is 4.79 Å². The zero-order valence-electron chi connectivity index (χ0n) is 11.2. The molecule has 1 saturated carbocycles. The van der Waals surface area contributed by atoms with Gasteiger partial charge >= 0.3 is 0 Å². The quantitative estimate of drug-likeness (QED) is 0.723. The van der Waals surface area contributed by atoms with Crippen LogP contribution in [0.5, 0.6) is 0 Å². The Bertz CT molecular complexity index is 271. The molecule has 98 valence electrons. The molecule has 2 aliphatic rings. The Balaban J connectivity index is 2.00. The normalized spacial score (nSPS) is 40.1. The lowest BCUT2D eigenvalue weighted by Gasteiger charge is -2.42. The highest BCUT2D eigenvalue weighted by Crippen LogP contribution is 2.39. The molecule has 3 heteroatoms. The number of aldehydes is 1. The van der Waals surface area contributed by atoms with E-state index in [-0.39, 0.29) is 5.41 Å². The van der Waals surface area contributed by atoms with Gasteiger partial charge in [0.05, 0.1) is 0 Å². The van der Waals surface area contributed by atoms with Crippen LogP contribution in [0.2, 0.25) is 0 Å². The van der Waals surface area contributed by atoms with Crippen LogP contribution >= 0.6 is 11.8 Å². The van der Waals surface area contributed by atoms with Crippen LogP contribution in [0.1, 0.15) is 39.5 Å². The summed E-state index contributed by atoms with van der Waals surface area (Å²) in [5, 5.41) is 0. The van der Waals surface area contributed by atoms with Crippen LogP contribution in [0, 0.1) is 11.3 Å². The van der Waals surface area contributed by atoms with E-state index < -0.39 is 0 Å². The van der Waals surface area contributed by atoms with Crippen molar-refractivity contribution in [2.24, 2.45) is 11.3 Å². The zero-order valence-corrected chi connectivity index (χ0v) is 12.0. The Kier molecular flexibility index (Phi) is 4.53. The third-order valence-electron chi connectivity index (χ3n) is 4.40. The maximum Gasteiger partial charge on any atom is 0.127 e. The molecule has 2 fully saturated rings. The van der Waals surface area contributed by atoms with E-state index in [1.807, 2.05) is 11.8 Å². The van der Waals surface area contributed by atoms with Crippen molar-refractivity contribution in [3.63, 3.8) is 0 Å². The monoisotopic (exact) mass is 255 g/mol. The molecule has 1 saturated heterocycles. The average Bonchev–Trinajstić information content (AvgIpc) is 2.32. The topological polar surface area (TPSA) is 20.3 Å². The number of hydrogen-bond acceptors (Lipinski definition) is 3. The molecule has 0 aromatic carbocycles. The number of nitrogens with zero attached hydrogens (tertiary/aromatic N) is 1. The molecule has 0 spiro atoms. The second-order valence-electron chi connectivity index (χ2n) is 6.08. The van der Waals surface area contributed by atoms with Gasteiger partial charge in [-0.05, 0) is 25.7 Å². The van der Waals surface area contributed by atoms with Crippen LogP contribution in [-0.4, -0.2) is 41.8 Å². The second-order valence-corrected chi connectivity index (χ2v) is 7.23. The first-order valence-electron chi connectivity index (χ1n) is 6.93. The fourth-order valence-electron chi connectivity index (χ4n) is 3.39. The lowest BCUT2D eigenvalue weighted by molar-refractivity contribution is -0.120. The molecule has 3 unspecified atom stereocenters. The summed E-state index contributed by atoms with van der Waals surface area (Å²) in [6, 6.07) is 0.641. The highest BCUT2D eigenvalue weighted by atomic mass is 32.2. The van der Waals surface area contributed by atoms with E-state index in [1.165, 1.54) is 30.6 Å². The van der Waals surface area contributed by atoms with Gasteiger partial charge in [-0.3, -0.25) is 4.90 Å². The van der Waals surface area contributed by atoms with E-state index in [4.69, 9.17) is 0 Å². The molecular weight excluding hydrogens is 230 g/mol. The van der Waals surface area contributed by atoms with Gasteiger partial charge < -0.3 is 4.79 Å². The van der Waals surface area contributed by atoms with E-state index in [2.05, 4.69) is 18.7 Å². The summed E-state index contributed by atoms with van der Waals surface area (Å²) in [5.74, 6) is 3.18. The average molecular weight is 255 g/mol. The predicted molar refractivity (Wildman–Crippen MR) is 74.5 cm³/mol. The van der Waals surface area contributed by atoms with Gasteiger partial charge in [-0.25, -0.2) is 0 Å². The summed E-state index contributed by atoms with van der Waals surface area (Å²) < 4.78 is 0. The van der Waals surface area contributed by atoms with Crippen LogP contribution in [-0.2, 0) is 4.79 Å². The van der Waals surface area contributed by atoms with E-state index in [0.29, 0.717) is 6.04 Å². The molecular formula is C14H25NOS. The molecule has 0 N–H and O–H groups in total. The van der Waals surface area contributed by atoms with Crippen molar-refractivity contribution >= 4 is 18.0 Å². The molecule has 0 radical (unpaired) electrons. The second kappa shape index (κ2) is 5.75. The standard InChI is InChI=1S/C14H25NOS/c1-12-4-3-5-14(8-12,11-16)10-15-6-7-17-9-13(15)2/h11-13H,3-10H2,1-2H3. The van der Waals surface area contributed by atoms with Crippen molar-refractivity contribution in [1.82, 2.24) is 4.90 Å². The predicted octanol–water partition coefficient (Wildman–Crippen LogP) is 2.82. The van der Waals surface area contributed by atoms with Gasteiger partial charge in [0, 0.05) is 36.1 Å². The molecule has 2 nitrogen and oxygen atoms in total. The number of carbonyl (C=O) groups is 1. The molecule has 0 amide bonds. The van der Waals surface area contributed by atoms with Gasteiger partial charge in [0.1, 0.15) is 6.29 Å². The fourth-order valence-corrected chi connectivity index (χ4v) is 4.47. The first kappa shape index (κ1) is 13.4. The number of thioether (sulfide) groups is 1. The Morgan fingerprint density at radius 3 is 2.94 bits per heavy atom.